The Bertz CT molecular complexity index is 510. The van der Waals surface area contributed by atoms with Gasteiger partial charge in [0.25, 0.3) is 5.91 Å². The molecule has 0 aromatic heterocycles. The van der Waals surface area contributed by atoms with Gasteiger partial charge in [-0.1, -0.05) is 6.92 Å². The van der Waals surface area contributed by atoms with Gasteiger partial charge < -0.3 is 20.1 Å². The molecular formula is C15H23ClN2O3. The van der Waals surface area contributed by atoms with Crippen molar-refractivity contribution in [2.45, 2.75) is 13.3 Å². The van der Waals surface area contributed by atoms with Gasteiger partial charge in [-0.25, -0.2) is 0 Å². The summed E-state index contributed by atoms with van der Waals surface area (Å²) in [6.07, 6.45) is 0.938. The lowest BCUT2D eigenvalue weighted by molar-refractivity contribution is 0.0773. The summed E-state index contributed by atoms with van der Waals surface area (Å²) in [6, 6.07) is 5.25. The molecule has 1 atom stereocenters. The molecule has 1 aliphatic rings. The second-order valence-corrected chi connectivity index (χ2v) is 5.56. The molecule has 5 nitrogen and oxygen atoms in total. The maximum absolute atomic E-state index is 12.6. The van der Waals surface area contributed by atoms with Crippen LogP contribution in [0.15, 0.2) is 18.2 Å². The summed E-state index contributed by atoms with van der Waals surface area (Å²) >= 11 is 0. The molecule has 6 heteroatoms. The van der Waals surface area contributed by atoms with E-state index < -0.39 is 0 Å². The highest BCUT2D eigenvalue weighted by Crippen LogP contribution is 2.32. The average molecular weight is 315 g/mol. The van der Waals surface area contributed by atoms with Crippen molar-refractivity contribution < 1.29 is 14.3 Å². The number of carbonyl (C=O) groups is 1. The molecular weight excluding hydrogens is 292 g/mol. The van der Waals surface area contributed by atoms with E-state index in [-0.39, 0.29) is 23.7 Å². The van der Waals surface area contributed by atoms with Crippen molar-refractivity contribution in [2.24, 2.45) is 11.1 Å². The predicted molar refractivity (Wildman–Crippen MR) is 84.5 cm³/mol. The van der Waals surface area contributed by atoms with E-state index >= 15 is 0 Å². The lowest BCUT2D eigenvalue weighted by Gasteiger charge is -2.23. The van der Waals surface area contributed by atoms with Gasteiger partial charge in [-0.2, -0.15) is 0 Å². The molecule has 1 heterocycles. The molecule has 0 bridgehead atoms. The van der Waals surface area contributed by atoms with Crippen molar-refractivity contribution >= 4 is 18.3 Å². The number of nitrogens with two attached hydrogens (primary N) is 1. The molecule has 0 aliphatic carbocycles. The van der Waals surface area contributed by atoms with Crippen LogP contribution in [0.5, 0.6) is 11.5 Å². The van der Waals surface area contributed by atoms with Gasteiger partial charge in [0.05, 0.1) is 19.8 Å². The van der Waals surface area contributed by atoms with Gasteiger partial charge in [0, 0.05) is 19.2 Å². The Balaban J connectivity index is 0.00000220. The maximum atomic E-state index is 12.6. The summed E-state index contributed by atoms with van der Waals surface area (Å²) in [7, 11) is 3.14. The number of carbonyl (C=O) groups excluding carboxylic acids is 1. The molecule has 1 amide bonds. The van der Waals surface area contributed by atoms with Crippen LogP contribution in [0.1, 0.15) is 23.7 Å². The van der Waals surface area contributed by atoms with Crippen LogP contribution in [0.25, 0.3) is 0 Å². The highest BCUT2D eigenvalue weighted by Gasteiger charge is 2.35. The minimum atomic E-state index is -0.0123. The number of likely N-dealkylation sites (tertiary alicyclic amines) is 1. The summed E-state index contributed by atoms with van der Waals surface area (Å²) < 4.78 is 10.4. The van der Waals surface area contributed by atoms with Crippen LogP contribution in [0.3, 0.4) is 0 Å². The number of ether oxygens (including phenoxy) is 2. The quantitative estimate of drug-likeness (QED) is 0.922. The van der Waals surface area contributed by atoms with Crippen molar-refractivity contribution in [3.8, 4) is 11.5 Å². The highest BCUT2D eigenvalue weighted by molar-refractivity contribution is 5.97. The Morgan fingerprint density at radius 1 is 1.38 bits per heavy atom. The number of hydrogen-bond acceptors (Lipinski definition) is 4. The smallest absolute Gasteiger partial charge is 0.257 e. The highest BCUT2D eigenvalue weighted by atomic mass is 35.5. The molecule has 1 saturated heterocycles. The van der Waals surface area contributed by atoms with Gasteiger partial charge in [0.1, 0.15) is 11.5 Å². The molecule has 2 rings (SSSR count). The zero-order chi connectivity index (χ0) is 14.8. The Kier molecular flexibility index (Phi) is 5.87. The molecule has 0 saturated carbocycles. The van der Waals surface area contributed by atoms with Crippen molar-refractivity contribution in [1.82, 2.24) is 4.90 Å². The Morgan fingerprint density at radius 3 is 2.62 bits per heavy atom. The van der Waals surface area contributed by atoms with Gasteiger partial charge in [-0.3, -0.25) is 4.79 Å². The van der Waals surface area contributed by atoms with Crippen LogP contribution in [-0.4, -0.2) is 44.7 Å². The van der Waals surface area contributed by atoms with Crippen LogP contribution in [0.2, 0.25) is 0 Å². The van der Waals surface area contributed by atoms with E-state index in [0.717, 1.165) is 13.0 Å². The fraction of sp³-hybridized carbons (Fsp3) is 0.533. The number of nitrogens with zero attached hydrogens (tertiary/aromatic N) is 1. The van der Waals surface area contributed by atoms with E-state index in [2.05, 4.69) is 6.92 Å². The Morgan fingerprint density at radius 2 is 2.10 bits per heavy atom. The van der Waals surface area contributed by atoms with E-state index in [1.54, 1.807) is 32.4 Å². The Hall–Kier alpha value is -1.46. The first kappa shape index (κ1) is 17.6. The van der Waals surface area contributed by atoms with Gasteiger partial charge in [-0.15, -0.1) is 12.4 Å². The molecule has 1 fully saturated rings. The largest absolute Gasteiger partial charge is 0.497 e. The first-order chi connectivity index (χ1) is 9.53. The zero-order valence-electron chi connectivity index (χ0n) is 12.7. The topological polar surface area (TPSA) is 64.8 Å². The number of methoxy groups -OCH3 is 2. The van der Waals surface area contributed by atoms with Crippen LogP contribution in [0, 0.1) is 5.41 Å². The predicted octanol–water partition coefficient (Wildman–Crippen LogP) is 1.94. The zero-order valence-corrected chi connectivity index (χ0v) is 13.5. The first-order valence-corrected chi connectivity index (χ1v) is 6.74. The number of rotatable bonds is 4. The van der Waals surface area contributed by atoms with E-state index in [1.807, 2.05) is 4.90 Å². The second kappa shape index (κ2) is 7.00. The molecule has 21 heavy (non-hydrogen) atoms. The van der Waals surface area contributed by atoms with E-state index in [9.17, 15) is 4.79 Å². The molecule has 0 radical (unpaired) electrons. The average Bonchev–Trinajstić information content (AvgIpc) is 2.89. The molecule has 118 valence electrons. The van der Waals surface area contributed by atoms with Crippen LogP contribution in [-0.2, 0) is 0 Å². The first-order valence-electron chi connectivity index (χ1n) is 6.74. The van der Waals surface area contributed by atoms with Crippen LogP contribution < -0.4 is 15.2 Å². The van der Waals surface area contributed by atoms with E-state index in [4.69, 9.17) is 15.2 Å². The second-order valence-electron chi connectivity index (χ2n) is 5.56. The number of amides is 1. The van der Waals surface area contributed by atoms with Gasteiger partial charge in [0.15, 0.2) is 0 Å². The van der Waals surface area contributed by atoms with Crippen molar-refractivity contribution in [3.05, 3.63) is 23.8 Å². The third-order valence-electron chi connectivity index (χ3n) is 3.98. The summed E-state index contributed by atoms with van der Waals surface area (Å²) in [5.74, 6) is 1.20. The molecule has 1 aromatic rings. The monoisotopic (exact) mass is 314 g/mol. The van der Waals surface area contributed by atoms with Crippen molar-refractivity contribution in [1.29, 1.82) is 0 Å². The minimum Gasteiger partial charge on any atom is -0.497 e. The number of halogens is 1. The normalized spacial score (nSPS) is 20.9. The number of benzene rings is 1. The molecule has 1 unspecified atom stereocenters. The Labute approximate surface area is 131 Å². The fourth-order valence-electron chi connectivity index (χ4n) is 2.51. The standard InChI is InChI=1S/C15H22N2O3.ClH/c1-15(9-16)6-7-17(10-15)14(18)12-5-4-11(19-2)8-13(12)20-3;/h4-5,8H,6-7,9-10,16H2,1-3H3;1H. The molecule has 0 spiro atoms. The van der Waals surface area contributed by atoms with Gasteiger partial charge in [-0.05, 0) is 30.5 Å². The van der Waals surface area contributed by atoms with E-state index in [1.165, 1.54) is 0 Å². The van der Waals surface area contributed by atoms with Crippen LogP contribution >= 0.6 is 12.4 Å². The lowest BCUT2D eigenvalue weighted by atomic mass is 9.90. The SMILES string of the molecule is COc1ccc(C(=O)N2CCC(C)(CN)C2)c(OC)c1.Cl. The summed E-state index contributed by atoms with van der Waals surface area (Å²) in [6.45, 7) is 4.14. The van der Waals surface area contributed by atoms with Gasteiger partial charge >= 0.3 is 0 Å². The van der Waals surface area contributed by atoms with Gasteiger partial charge in [0.2, 0.25) is 0 Å². The molecule has 2 N–H and O–H groups in total. The third kappa shape index (κ3) is 3.60. The molecule has 1 aliphatic heterocycles. The van der Waals surface area contributed by atoms with E-state index in [0.29, 0.717) is 30.2 Å². The third-order valence-corrected chi connectivity index (χ3v) is 3.98. The summed E-state index contributed by atoms with van der Waals surface area (Å²) in [4.78, 5) is 14.4. The van der Waals surface area contributed by atoms with Crippen LogP contribution in [0.4, 0.5) is 0 Å². The fourth-order valence-corrected chi connectivity index (χ4v) is 2.51. The summed E-state index contributed by atoms with van der Waals surface area (Å²) in [5, 5.41) is 0. The van der Waals surface area contributed by atoms with Crippen molar-refractivity contribution in [2.75, 3.05) is 33.9 Å². The molecule has 1 aromatic carbocycles. The summed E-state index contributed by atoms with van der Waals surface area (Å²) in [5.41, 5.74) is 6.37. The lowest BCUT2D eigenvalue weighted by Crippen LogP contribution is -2.34. The maximum Gasteiger partial charge on any atom is 0.257 e. The van der Waals surface area contributed by atoms with Crippen molar-refractivity contribution in [3.63, 3.8) is 0 Å². The minimum absolute atomic E-state index is 0. The number of hydrogen-bond donors (Lipinski definition) is 1.